The molecule has 2 saturated heterocycles. The third-order valence-electron chi connectivity index (χ3n) is 7.75. The molecule has 0 amide bonds. The van der Waals surface area contributed by atoms with Crippen molar-refractivity contribution in [3.05, 3.63) is 82.7 Å². The maximum Gasteiger partial charge on any atom is 0.335 e. The summed E-state index contributed by atoms with van der Waals surface area (Å²) in [6.45, 7) is 3.85. The molecule has 0 spiro atoms. The van der Waals surface area contributed by atoms with Gasteiger partial charge in [-0.1, -0.05) is 6.07 Å². The second kappa shape index (κ2) is 12.1. The number of carboxylic acids is 1. The molecule has 0 unspecified atom stereocenters. The highest BCUT2D eigenvalue weighted by Gasteiger charge is 2.26. The quantitative estimate of drug-likeness (QED) is 0.310. The number of carboxylic acid groups (broad SMARTS) is 1. The van der Waals surface area contributed by atoms with Crippen LogP contribution in [0.4, 0.5) is 4.39 Å². The topological polar surface area (TPSA) is 153 Å². The SMILES string of the molecule is N.N#Cc1ccc(COn2ccc(C3CCN(Cc4nc5ccc(C(=O)O)cc5n4C[C@@H]4CCO4)CC3)n2)c(F)c1. The Bertz CT molecular complexity index is 1580. The first-order valence-corrected chi connectivity index (χ1v) is 13.4. The minimum Gasteiger partial charge on any atom is -0.478 e. The fourth-order valence-corrected chi connectivity index (χ4v) is 5.33. The molecule has 41 heavy (non-hydrogen) atoms. The Balaban J connectivity index is 0.00000337. The van der Waals surface area contributed by atoms with Crippen LogP contribution < -0.4 is 11.0 Å². The number of aromatic nitrogens is 4. The van der Waals surface area contributed by atoms with Crippen molar-refractivity contribution in [1.82, 2.24) is 30.5 Å². The van der Waals surface area contributed by atoms with Gasteiger partial charge in [-0.2, -0.15) is 5.26 Å². The van der Waals surface area contributed by atoms with Crippen LogP contribution in [0.5, 0.6) is 0 Å². The summed E-state index contributed by atoms with van der Waals surface area (Å²) in [6.07, 6.45) is 4.70. The van der Waals surface area contributed by atoms with Gasteiger partial charge in [-0.05, 0) is 68.8 Å². The lowest BCUT2D eigenvalue weighted by Crippen LogP contribution is -2.35. The summed E-state index contributed by atoms with van der Waals surface area (Å²) in [5.74, 6) is -0.227. The third-order valence-corrected chi connectivity index (χ3v) is 7.75. The van der Waals surface area contributed by atoms with Crippen molar-refractivity contribution >= 4 is 17.0 Å². The van der Waals surface area contributed by atoms with E-state index in [1.165, 1.54) is 10.9 Å². The van der Waals surface area contributed by atoms with Crippen molar-refractivity contribution < 1.29 is 23.9 Å². The van der Waals surface area contributed by atoms with Crippen molar-refractivity contribution in [2.45, 2.75) is 51.0 Å². The highest BCUT2D eigenvalue weighted by molar-refractivity contribution is 5.92. The summed E-state index contributed by atoms with van der Waals surface area (Å²) in [5, 5.41) is 22.9. The van der Waals surface area contributed by atoms with E-state index in [-0.39, 0.29) is 35.9 Å². The number of piperidine rings is 1. The Labute approximate surface area is 236 Å². The van der Waals surface area contributed by atoms with Crippen LogP contribution in [0.25, 0.3) is 11.0 Å². The fourth-order valence-electron chi connectivity index (χ4n) is 5.33. The highest BCUT2D eigenvalue weighted by Crippen LogP contribution is 2.29. The normalized spacial score (nSPS) is 17.5. The number of halogens is 1. The summed E-state index contributed by atoms with van der Waals surface area (Å²) >= 11 is 0. The van der Waals surface area contributed by atoms with E-state index in [0.717, 1.165) is 61.5 Å². The molecule has 2 aromatic heterocycles. The number of hydrogen-bond donors (Lipinski definition) is 2. The van der Waals surface area contributed by atoms with Crippen molar-refractivity contribution in [2.24, 2.45) is 0 Å². The van der Waals surface area contributed by atoms with Gasteiger partial charge < -0.3 is 25.4 Å². The Morgan fingerprint density at radius 3 is 2.66 bits per heavy atom. The Morgan fingerprint density at radius 2 is 1.98 bits per heavy atom. The number of likely N-dealkylation sites (tertiary alicyclic amines) is 1. The molecule has 2 fully saturated rings. The minimum absolute atomic E-state index is 0. The number of carbonyl (C=O) groups is 1. The van der Waals surface area contributed by atoms with Gasteiger partial charge in [-0.25, -0.2) is 14.2 Å². The number of fused-ring (bicyclic) bond motifs is 1. The molecule has 4 heterocycles. The molecule has 2 aromatic carbocycles. The molecule has 214 valence electrons. The van der Waals surface area contributed by atoms with Crippen LogP contribution >= 0.6 is 0 Å². The molecule has 4 aromatic rings. The average Bonchev–Trinajstić information content (AvgIpc) is 3.54. The smallest absolute Gasteiger partial charge is 0.335 e. The lowest BCUT2D eigenvalue weighted by Gasteiger charge is -2.32. The summed E-state index contributed by atoms with van der Waals surface area (Å²) in [6, 6.07) is 13.2. The second-order valence-electron chi connectivity index (χ2n) is 10.3. The number of benzene rings is 2. The van der Waals surface area contributed by atoms with Gasteiger partial charge in [0.2, 0.25) is 0 Å². The van der Waals surface area contributed by atoms with E-state index in [1.54, 1.807) is 36.5 Å². The van der Waals surface area contributed by atoms with E-state index in [2.05, 4.69) is 14.6 Å². The van der Waals surface area contributed by atoms with E-state index >= 15 is 0 Å². The Hall–Kier alpha value is -4.31. The molecule has 4 N–H and O–H groups in total. The molecule has 0 saturated carbocycles. The number of imidazole rings is 1. The van der Waals surface area contributed by atoms with Gasteiger partial charge >= 0.3 is 5.97 Å². The predicted molar refractivity (Wildman–Crippen MR) is 147 cm³/mol. The molecule has 0 bridgehead atoms. The number of rotatable bonds is 9. The zero-order chi connectivity index (χ0) is 27.6. The number of hydrogen-bond acceptors (Lipinski definition) is 8. The van der Waals surface area contributed by atoms with Gasteiger partial charge in [0.1, 0.15) is 18.2 Å². The van der Waals surface area contributed by atoms with Crippen LogP contribution in [0.15, 0.2) is 48.7 Å². The van der Waals surface area contributed by atoms with Gasteiger partial charge in [0, 0.05) is 18.1 Å². The van der Waals surface area contributed by atoms with Gasteiger partial charge in [0.15, 0.2) is 0 Å². The first kappa shape index (κ1) is 28.2. The van der Waals surface area contributed by atoms with E-state index in [9.17, 15) is 14.3 Å². The van der Waals surface area contributed by atoms with Crippen molar-refractivity contribution in [3.8, 4) is 6.07 Å². The zero-order valence-corrected chi connectivity index (χ0v) is 22.6. The monoisotopic (exact) mass is 561 g/mol. The molecule has 2 aliphatic heterocycles. The summed E-state index contributed by atoms with van der Waals surface area (Å²) in [5.41, 5.74) is 3.44. The lowest BCUT2D eigenvalue weighted by atomic mass is 9.94. The third kappa shape index (κ3) is 6.07. The first-order valence-electron chi connectivity index (χ1n) is 13.4. The van der Waals surface area contributed by atoms with Gasteiger partial charge in [-0.15, -0.1) is 9.94 Å². The van der Waals surface area contributed by atoms with E-state index < -0.39 is 11.8 Å². The number of nitrogens with zero attached hydrogens (tertiary/aromatic N) is 6. The average molecular weight is 562 g/mol. The Morgan fingerprint density at radius 1 is 1.17 bits per heavy atom. The largest absolute Gasteiger partial charge is 0.478 e. The molecular weight excluding hydrogens is 529 g/mol. The van der Waals surface area contributed by atoms with Crippen molar-refractivity contribution in [1.29, 1.82) is 5.26 Å². The van der Waals surface area contributed by atoms with Crippen LogP contribution in [-0.2, 0) is 24.4 Å². The van der Waals surface area contributed by atoms with Crippen LogP contribution in [0.2, 0.25) is 0 Å². The number of aromatic carboxylic acids is 1. The van der Waals surface area contributed by atoms with Crippen LogP contribution in [0, 0.1) is 17.1 Å². The standard InChI is InChI=1S/C29H29FN6O4.H3N/c30-24-13-19(15-31)1-2-22(24)18-40-36-11-7-25(33-36)20-5-9-34(10-6-20)17-28-32-26-4-3-21(29(37)38)14-27(26)35(28)16-23-8-12-39-23;/h1-4,7,11,13-14,20,23H,5-6,8-10,12,16-18H2,(H,37,38);1H3/t23-;/m0./s1. The van der Waals surface area contributed by atoms with Gasteiger partial charge in [0.25, 0.3) is 0 Å². The van der Waals surface area contributed by atoms with Crippen LogP contribution in [0.1, 0.15) is 58.2 Å². The molecule has 2 aliphatic rings. The van der Waals surface area contributed by atoms with Gasteiger partial charge in [0.05, 0.1) is 59.3 Å². The second-order valence-corrected chi connectivity index (χ2v) is 10.3. The van der Waals surface area contributed by atoms with Gasteiger partial charge in [-0.3, -0.25) is 4.90 Å². The molecule has 1 atom stereocenters. The summed E-state index contributed by atoms with van der Waals surface area (Å²) in [7, 11) is 0. The van der Waals surface area contributed by atoms with E-state index in [0.29, 0.717) is 18.7 Å². The molecular formula is C29H32FN7O4. The lowest BCUT2D eigenvalue weighted by molar-refractivity contribution is -0.0592. The Kier molecular flexibility index (Phi) is 8.30. The molecule has 0 aliphatic carbocycles. The maximum atomic E-state index is 14.1. The molecule has 0 radical (unpaired) electrons. The molecule has 6 rings (SSSR count). The molecule has 12 heteroatoms. The van der Waals surface area contributed by atoms with Crippen molar-refractivity contribution in [2.75, 3.05) is 19.7 Å². The highest BCUT2D eigenvalue weighted by atomic mass is 19.1. The fraction of sp³-hybridized carbons (Fsp3) is 0.379. The number of nitriles is 1. The minimum atomic E-state index is -0.951. The van der Waals surface area contributed by atoms with E-state index in [1.807, 2.05) is 12.1 Å². The summed E-state index contributed by atoms with van der Waals surface area (Å²) < 4.78 is 21.9. The number of ether oxygens (including phenoxy) is 1. The van der Waals surface area contributed by atoms with E-state index in [4.69, 9.17) is 19.8 Å². The zero-order valence-electron chi connectivity index (χ0n) is 22.6. The summed E-state index contributed by atoms with van der Waals surface area (Å²) in [4.78, 5) is 25.8. The van der Waals surface area contributed by atoms with Crippen molar-refractivity contribution in [3.63, 3.8) is 0 Å². The predicted octanol–water partition coefficient (Wildman–Crippen LogP) is 3.90. The molecule has 11 nitrogen and oxygen atoms in total. The van der Waals surface area contributed by atoms with Crippen LogP contribution in [-0.4, -0.2) is 61.3 Å². The van der Waals surface area contributed by atoms with Crippen LogP contribution in [0.3, 0.4) is 0 Å². The maximum absolute atomic E-state index is 14.1. The first-order chi connectivity index (χ1) is 19.5.